The number of carbonyl (C=O) groups excluding carboxylic acids is 2. The zero-order chi connectivity index (χ0) is 34.6. The summed E-state index contributed by atoms with van der Waals surface area (Å²) in [4.78, 5) is 50.4. The van der Waals surface area contributed by atoms with E-state index in [9.17, 15) is 19.7 Å². The van der Waals surface area contributed by atoms with Gasteiger partial charge in [0.25, 0.3) is 11.6 Å². The number of rotatable bonds is 18. The van der Waals surface area contributed by atoms with E-state index in [1.807, 2.05) is 53.4 Å². The Labute approximate surface area is 272 Å². The number of carbonyl (C=O) groups is 3. The van der Waals surface area contributed by atoms with Crippen molar-refractivity contribution in [1.29, 1.82) is 0 Å². The van der Waals surface area contributed by atoms with Gasteiger partial charge < -0.3 is 29.1 Å². The van der Waals surface area contributed by atoms with Gasteiger partial charge in [-0.3, -0.25) is 9.59 Å². The standard InChI is InChI=1S/C30H40N6O8.CH2O2/c1-5-6-11-28(37)34(23(4)22(2)3)20-24-12-14-25(15-13-24)26-9-7-8-10-27(26)29-31-33-35(32-29)21-43-30(38)42-18-16-41-17-19-44-36(39)40;2-1-3/h7-10,12-15,22-23H,5-6,11,16-21H2,1-4H3;1H,(H,2,3). The zero-order valence-corrected chi connectivity index (χ0v) is 27.0. The van der Waals surface area contributed by atoms with E-state index < -0.39 is 11.2 Å². The third kappa shape index (κ3) is 13.4. The van der Waals surface area contributed by atoms with Gasteiger partial charge in [-0.15, -0.1) is 25.1 Å². The van der Waals surface area contributed by atoms with Crippen LogP contribution in [0.5, 0.6) is 0 Å². The number of unbranched alkanes of at least 4 members (excludes halogenated alkanes) is 1. The molecule has 0 bridgehead atoms. The maximum absolute atomic E-state index is 13.0. The molecule has 1 aromatic heterocycles. The first kappa shape index (κ1) is 38.1. The molecule has 16 heteroatoms. The maximum Gasteiger partial charge on any atom is 0.510 e. The lowest BCUT2D eigenvalue weighted by molar-refractivity contribution is -0.758. The monoisotopic (exact) mass is 658 g/mol. The van der Waals surface area contributed by atoms with Gasteiger partial charge in [0.1, 0.15) is 13.2 Å². The van der Waals surface area contributed by atoms with Crippen molar-refractivity contribution < 1.29 is 43.6 Å². The third-order valence-electron chi connectivity index (χ3n) is 6.93. The van der Waals surface area contributed by atoms with Gasteiger partial charge in [-0.05, 0) is 41.2 Å². The molecule has 1 amide bonds. The van der Waals surface area contributed by atoms with Crippen molar-refractivity contribution in [1.82, 2.24) is 25.1 Å². The summed E-state index contributed by atoms with van der Waals surface area (Å²) in [7, 11) is 0. The molecule has 3 aromatic rings. The van der Waals surface area contributed by atoms with Crippen LogP contribution in [0.4, 0.5) is 4.79 Å². The van der Waals surface area contributed by atoms with Crippen molar-refractivity contribution >= 4 is 18.5 Å². The molecular weight excluding hydrogens is 616 g/mol. The second-order valence-corrected chi connectivity index (χ2v) is 10.5. The molecule has 0 saturated heterocycles. The van der Waals surface area contributed by atoms with Gasteiger partial charge in [-0.2, -0.15) is 0 Å². The Kier molecular flexibility index (Phi) is 16.9. The van der Waals surface area contributed by atoms with E-state index in [2.05, 4.69) is 47.9 Å². The Balaban J connectivity index is 0.00000246. The largest absolute Gasteiger partial charge is 0.510 e. The van der Waals surface area contributed by atoms with E-state index in [1.54, 1.807) is 0 Å². The molecule has 1 atom stereocenters. The Bertz CT molecular complexity index is 1400. The van der Waals surface area contributed by atoms with Crippen LogP contribution in [0, 0.1) is 16.0 Å². The molecule has 0 fully saturated rings. The van der Waals surface area contributed by atoms with Gasteiger partial charge in [0.15, 0.2) is 0 Å². The summed E-state index contributed by atoms with van der Waals surface area (Å²) in [6.45, 7) is 8.11. The second kappa shape index (κ2) is 20.8. The first-order valence-electron chi connectivity index (χ1n) is 15.1. The van der Waals surface area contributed by atoms with Crippen molar-refractivity contribution in [2.75, 3.05) is 26.4 Å². The molecule has 47 heavy (non-hydrogen) atoms. The first-order valence-corrected chi connectivity index (χ1v) is 15.1. The fourth-order valence-electron chi connectivity index (χ4n) is 4.22. The first-order chi connectivity index (χ1) is 22.6. The summed E-state index contributed by atoms with van der Waals surface area (Å²) in [5.74, 6) is 0.881. The van der Waals surface area contributed by atoms with Crippen LogP contribution in [0.2, 0.25) is 0 Å². The van der Waals surface area contributed by atoms with E-state index in [0.717, 1.165) is 39.9 Å². The van der Waals surface area contributed by atoms with Crippen LogP contribution < -0.4 is 0 Å². The summed E-state index contributed by atoms with van der Waals surface area (Å²) in [6.07, 6.45) is 1.46. The molecule has 3 rings (SSSR count). The van der Waals surface area contributed by atoms with Crippen LogP contribution in [0.15, 0.2) is 48.5 Å². The number of tetrazole rings is 1. The molecule has 0 aliphatic heterocycles. The number of hydrogen-bond donors (Lipinski definition) is 1. The van der Waals surface area contributed by atoms with E-state index >= 15 is 0 Å². The number of nitrogens with zero attached hydrogens (tertiary/aromatic N) is 6. The molecule has 1 heterocycles. The minimum atomic E-state index is -0.956. The quantitative estimate of drug-likeness (QED) is 0.0654. The molecule has 0 saturated carbocycles. The van der Waals surface area contributed by atoms with Crippen LogP contribution in [0.25, 0.3) is 22.5 Å². The highest BCUT2D eigenvalue weighted by Gasteiger charge is 2.22. The molecule has 1 N–H and O–H groups in total. The summed E-state index contributed by atoms with van der Waals surface area (Å²) in [6, 6.07) is 15.9. The van der Waals surface area contributed by atoms with Crippen LogP contribution in [0.1, 0.15) is 52.5 Å². The molecular formula is C31H42N6O10. The number of benzene rings is 2. The maximum atomic E-state index is 13.0. The summed E-state index contributed by atoms with van der Waals surface area (Å²) in [5, 5.41) is 28.5. The lowest BCUT2D eigenvalue weighted by Gasteiger charge is -2.32. The van der Waals surface area contributed by atoms with Crippen molar-refractivity contribution in [2.24, 2.45) is 5.92 Å². The summed E-state index contributed by atoms with van der Waals surface area (Å²) >= 11 is 0. The van der Waals surface area contributed by atoms with Gasteiger partial charge in [0.2, 0.25) is 18.5 Å². The molecule has 0 spiro atoms. The van der Waals surface area contributed by atoms with Gasteiger partial charge in [0.05, 0.1) is 13.2 Å². The predicted octanol–water partition coefficient (Wildman–Crippen LogP) is 4.61. The van der Waals surface area contributed by atoms with Crippen molar-refractivity contribution in [2.45, 2.75) is 66.3 Å². The Morgan fingerprint density at radius 3 is 2.32 bits per heavy atom. The van der Waals surface area contributed by atoms with Crippen LogP contribution >= 0.6 is 0 Å². The highest BCUT2D eigenvalue weighted by molar-refractivity contribution is 5.80. The summed E-state index contributed by atoms with van der Waals surface area (Å²) in [5.41, 5.74) is 3.65. The Morgan fingerprint density at radius 2 is 1.68 bits per heavy atom. The second-order valence-electron chi connectivity index (χ2n) is 10.5. The number of hydrogen-bond acceptors (Lipinski definition) is 12. The van der Waals surface area contributed by atoms with Gasteiger partial charge in [-0.1, -0.05) is 75.7 Å². The van der Waals surface area contributed by atoms with Crippen LogP contribution in [0.3, 0.4) is 0 Å². The lowest BCUT2D eigenvalue weighted by atomic mass is 9.97. The molecule has 16 nitrogen and oxygen atoms in total. The highest BCUT2D eigenvalue weighted by atomic mass is 17.0. The van der Waals surface area contributed by atoms with Crippen LogP contribution in [-0.2, 0) is 41.9 Å². The number of amides is 1. The van der Waals surface area contributed by atoms with E-state index in [1.165, 1.54) is 0 Å². The van der Waals surface area contributed by atoms with E-state index in [0.29, 0.717) is 24.7 Å². The zero-order valence-electron chi connectivity index (χ0n) is 27.0. The topological polar surface area (TPSA) is 198 Å². The average Bonchev–Trinajstić information content (AvgIpc) is 3.54. The summed E-state index contributed by atoms with van der Waals surface area (Å²) < 4.78 is 14.9. The molecule has 2 aromatic carbocycles. The number of carboxylic acid groups (broad SMARTS) is 1. The molecule has 0 radical (unpaired) electrons. The fourth-order valence-corrected chi connectivity index (χ4v) is 4.22. The Hall–Kier alpha value is -5.12. The molecule has 0 aliphatic rings. The number of aromatic nitrogens is 4. The lowest BCUT2D eigenvalue weighted by Crippen LogP contribution is -2.40. The predicted molar refractivity (Wildman–Crippen MR) is 168 cm³/mol. The van der Waals surface area contributed by atoms with Crippen LogP contribution in [-0.4, -0.2) is 86.3 Å². The van der Waals surface area contributed by atoms with Crippen molar-refractivity contribution in [3.8, 4) is 22.5 Å². The fraction of sp³-hybridized carbons (Fsp3) is 0.484. The minimum absolute atomic E-state index is 0.0199. The normalized spacial score (nSPS) is 11.2. The average molecular weight is 659 g/mol. The minimum Gasteiger partial charge on any atom is -0.483 e. The highest BCUT2D eigenvalue weighted by Crippen LogP contribution is 2.30. The van der Waals surface area contributed by atoms with Crippen molar-refractivity contribution in [3.05, 3.63) is 64.2 Å². The molecule has 0 aliphatic carbocycles. The van der Waals surface area contributed by atoms with Gasteiger partial charge >= 0.3 is 6.16 Å². The van der Waals surface area contributed by atoms with Crippen molar-refractivity contribution in [3.63, 3.8) is 0 Å². The molecule has 256 valence electrons. The number of ether oxygens (including phenoxy) is 3. The third-order valence-corrected chi connectivity index (χ3v) is 6.93. The SMILES string of the molecule is CCCCC(=O)N(Cc1ccc(-c2ccccc2-c2nnn(COC(=O)OCCOCCO[N+](=O)[O-])n2)cc1)C(C)C(C)C.O=CO. The Morgan fingerprint density at radius 1 is 1.02 bits per heavy atom. The smallest absolute Gasteiger partial charge is 0.483 e. The van der Waals surface area contributed by atoms with Gasteiger partial charge in [0, 0.05) is 24.6 Å². The van der Waals surface area contributed by atoms with E-state index in [-0.39, 0.29) is 51.6 Å². The van der Waals surface area contributed by atoms with E-state index in [4.69, 9.17) is 24.1 Å². The van der Waals surface area contributed by atoms with Gasteiger partial charge in [-0.25, -0.2) is 4.79 Å². The molecule has 1 unspecified atom stereocenters.